The largest absolute Gasteiger partial charge is 0.508 e. The molecule has 0 radical (unpaired) electrons. The van der Waals surface area contributed by atoms with Crippen molar-refractivity contribution in [2.24, 2.45) is 5.92 Å². The number of benzene rings is 2. The average Bonchev–Trinajstić information content (AvgIpc) is 2.95. The normalized spacial score (nSPS) is 20.4. The molecule has 0 spiro atoms. The Balaban J connectivity index is 1.46. The van der Waals surface area contributed by atoms with Crippen molar-refractivity contribution in [3.05, 3.63) is 92.8 Å². The zero-order valence-corrected chi connectivity index (χ0v) is 21.9. The van der Waals surface area contributed by atoms with Gasteiger partial charge in [0, 0.05) is 12.1 Å². The summed E-state index contributed by atoms with van der Waals surface area (Å²) in [7, 11) is -1.02. The van der Waals surface area contributed by atoms with Crippen molar-refractivity contribution in [1.82, 2.24) is 4.90 Å². The number of carbonyl (C=O) groups excluding carboxylic acids is 3. The summed E-state index contributed by atoms with van der Waals surface area (Å²) >= 11 is 0. The fraction of sp³-hybridized carbons (Fsp3) is 0.280. The van der Waals surface area contributed by atoms with E-state index < -0.39 is 67.7 Å². The molecule has 1 fully saturated rings. The summed E-state index contributed by atoms with van der Waals surface area (Å²) in [5.74, 6) is -3.25. The molecule has 2 aliphatic rings. The van der Waals surface area contributed by atoms with Crippen molar-refractivity contribution in [2.75, 3.05) is 7.11 Å². The summed E-state index contributed by atoms with van der Waals surface area (Å²) in [6.07, 6.45) is -2.31. The summed E-state index contributed by atoms with van der Waals surface area (Å²) in [4.78, 5) is 52.6. The third-order valence-corrected chi connectivity index (χ3v) is 7.73. The fourth-order valence-electron chi connectivity index (χ4n) is 4.17. The first-order valence-corrected chi connectivity index (χ1v) is 12.9. The maximum Gasteiger partial charge on any atom is 0.508 e. The van der Waals surface area contributed by atoms with E-state index in [0.29, 0.717) is 11.1 Å². The first-order valence-electron chi connectivity index (χ1n) is 11.7. The van der Waals surface area contributed by atoms with E-state index in [4.69, 9.17) is 18.9 Å². The lowest BCUT2D eigenvalue weighted by molar-refractivity contribution is -0.384. The lowest BCUT2D eigenvalue weighted by atomic mass is 9.91. The molecular formula is C25H22N4O10S. The smallest absolute Gasteiger partial charge is 0.487 e. The van der Waals surface area contributed by atoms with Crippen LogP contribution in [-0.4, -0.2) is 60.5 Å². The Morgan fingerprint density at radius 3 is 2.33 bits per heavy atom. The number of nitro groups is 1. The van der Waals surface area contributed by atoms with Crippen molar-refractivity contribution in [2.45, 2.75) is 31.6 Å². The fourth-order valence-corrected chi connectivity index (χ4v) is 5.85. The number of ether oxygens (including phenoxy) is 4. The minimum Gasteiger partial charge on any atom is -0.487 e. The summed E-state index contributed by atoms with van der Waals surface area (Å²) in [6, 6.07) is 14.0. The van der Waals surface area contributed by atoms with Gasteiger partial charge in [-0.15, -0.1) is 0 Å². The highest BCUT2D eigenvalue weighted by atomic mass is 32.2. The Morgan fingerprint density at radius 1 is 1.10 bits per heavy atom. The van der Waals surface area contributed by atoms with E-state index in [1.54, 1.807) is 30.3 Å². The van der Waals surface area contributed by atoms with Crippen molar-refractivity contribution in [3.8, 4) is 0 Å². The van der Waals surface area contributed by atoms with Gasteiger partial charge in [0.15, 0.2) is 16.5 Å². The van der Waals surface area contributed by atoms with E-state index in [-0.39, 0.29) is 18.9 Å². The van der Waals surface area contributed by atoms with Crippen molar-refractivity contribution in [1.29, 1.82) is 0 Å². The quantitative estimate of drug-likeness (QED) is 0.108. The molecule has 0 N–H and O–H groups in total. The molecule has 4 atom stereocenters. The molecule has 4 rings (SSSR count). The first-order chi connectivity index (χ1) is 19.2. The summed E-state index contributed by atoms with van der Waals surface area (Å²) in [6.45, 7) is 0.982. The molecule has 208 valence electrons. The summed E-state index contributed by atoms with van der Waals surface area (Å²) < 4.78 is 33.9. The van der Waals surface area contributed by atoms with E-state index >= 15 is 0 Å². The van der Waals surface area contributed by atoms with Crippen LogP contribution < -0.4 is 0 Å². The Kier molecular flexibility index (Phi) is 8.36. The molecule has 2 aliphatic heterocycles. The molecule has 0 bridgehead atoms. The molecule has 14 nitrogen and oxygen atoms in total. The number of amides is 1. The van der Waals surface area contributed by atoms with Crippen LogP contribution in [-0.2, 0) is 52.5 Å². The van der Waals surface area contributed by atoms with E-state index in [0.717, 1.165) is 12.0 Å². The second-order valence-electron chi connectivity index (χ2n) is 8.56. The topological polar surface area (TPSA) is 188 Å². The lowest BCUT2D eigenvalue weighted by Crippen LogP contribution is -2.69. The molecule has 2 heterocycles. The van der Waals surface area contributed by atoms with Gasteiger partial charge in [0.05, 0.1) is 12.0 Å². The van der Waals surface area contributed by atoms with E-state index in [1.807, 2.05) is 0 Å². The highest BCUT2D eigenvalue weighted by Gasteiger charge is 2.64. The minimum absolute atomic E-state index is 0.131. The van der Waals surface area contributed by atoms with Gasteiger partial charge in [0.1, 0.15) is 30.6 Å². The van der Waals surface area contributed by atoms with E-state index in [1.165, 1.54) is 31.2 Å². The summed E-state index contributed by atoms with van der Waals surface area (Å²) in [5, 5.41) is 9.05. The van der Waals surface area contributed by atoms with Gasteiger partial charge in [-0.25, -0.2) is 13.8 Å². The molecule has 2 unspecified atom stereocenters. The van der Waals surface area contributed by atoms with Crippen LogP contribution in [0.15, 0.2) is 66.1 Å². The molecular weight excluding hydrogens is 548 g/mol. The second kappa shape index (κ2) is 11.9. The monoisotopic (exact) mass is 570 g/mol. The van der Waals surface area contributed by atoms with Crippen LogP contribution in [0.25, 0.3) is 5.53 Å². The zero-order chi connectivity index (χ0) is 29.0. The van der Waals surface area contributed by atoms with Gasteiger partial charge >= 0.3 is 17.2 Å². The molecule has 1 amide bonds. The molecule has 40 heavy (non-hydrogen) atoms. The van der Waals surface area contributed by atoms with Crippen LogP contribution in [0.5, 0.6) is 0 Å². The molecule has 0 aromatic heterocycles. The van der Waals surface area contributed by atoms with Gasteiger partial charge in [0.25, 0.3) is 11.4 Å². The molecule has 2 aromatic rings. The number of β-lactam (4-membered cyclic amide) rings is 1. The van der Waals surface area contributed by atoms with Gasteiger partial charge in [0.2, 0.25) is 5.91 Å². The Morgan fingerprint density at radius 2 is 1.73 bits per heavy atom. The van der Waals surface area contributed by atoms with Crippen LogP contribution in [0, 0.1) is 16.0 Å². The van der Waals surface area contributed by atoms with Gasteiger partial charge in [-0.3, -0.25) is 19.8 Å². The van der Waals surface area contributed by atoms with Crippen molar-refractivity contribution < 1.29 is 47.3 Å². The van der Waals surface area contributed by atoms with Crippen LogP contribution in [0.4, 0.5) is 10.5 Å². The molecule has 0 saturated carbocycles. The minimum atomic E-state index is -2.17. The molecule has 15 heteroatoms. The lowest BCUT2D eigenvalue weighted by Gasteiger charge is -2.48. The van der Waals surface area contributed by atoms with Gasteiger partial charge in [-0.05, 0) is 30.2 Å². The third kappa shape index (κ3) is 5.46. The number of hydrogen-bond donors (Lipinski definition) is 0. The predicted molar refractivity (Wildman–Crippen MR) is 135 cm³/mol. The summed E-state index contributed by atoms with van der Waals surface area (Å²) in [5.41, 5.74) is 10.1. The number of carbonyl (C=O) groups is 3. The van der Waals surface area contributed by atoms with Crippen LogP contribution in [0.2, 0.25) is 0 Å². The SMILES string of the molecule is COC1=C(C(=O)OCc2ccccc2)N2C(=O)[C@H](C(C)OC(=O)OCc3ccc([N+](=O)[O-])cc3)[C@H]2S(=O)C1=[N+]=[N-]. The second-order valence-corrected chi connectivity index (χ2v) is 10.0. The zero-order valence-electron chi connectivity index (χ0n) is 21.1. The average molecular weight is 571 g/mol. The third-order valence-electron chi connectivity index (χ3n) is 6.14. The van der Waals surface area contributed by atoms with E-state index in [9.17, 15) is 34.2 Å². The number of hydrogen-bond acceptors (Lipinski definition) is 10. The highest BCUT2D eigenvalue weighted by molar-refractivity contribution is 8.01. The van der Waals surface area contributed by atoms with Crippen molar-refractivity contribution in [3.63, 3.8) is 0 Å². The Hall–Kier alpha value is -4.88. The molecule has 0 aliphatic carbocycles. The number of esters is 1. The number of methoxy groups -OCH3 is 1. The van der Waals surface area contributed by atoms with Crippen LogP contribution in [0.1, 0.15) is 18.1 Å². The number of nitrogens with zero attached hydrogens (tertiary/aromatic N) is 4. The number of rotatable bonds is 9. The Bertz CT molecular complexity index is 1450. The van der Waals surface area contributed by atoms with Crippen molar-refractivity contribution >= 4 is 39.6 Å². The highest BCUT2D eigenvalue weighted by Crippen LogP contribution is 2.42. The first kappa shape index (κ1) is 28.1. The maximum absolute atomic E-state index is 13.2. The number of fused-ring (bicyclic) bond motifs is 1. The molecule has 2 aromatic carbocycles. The van der Waals surface area contributed by atoms with Gasteiger partial charge in [-0.2, -0.15) is 4.79 Å². The van der Waals surface area contributed by atoms with Gasteiger partial charge in [-0.1, -0.05) is 30.3 Å². The standard InChI is InChI=1S/C25H22N4O10S/c1-14(39-25(32)38-13-16-8-10-17(11-9-16)29(33)34)18-22(30)28-19(20(36-2)21(27-26)40(35)23(18)28)24(31)37-12-15-6-4-3-5-7-15/h3-11,14,18,23H,12-13H2,1-2H3/t14?,18-,23+,40?/m0/s1. The van der Waals surface area contributed by atoms with E-state index in [2.05, 4.69) is 4.79 Å². The van der Waals surface area contributed by atoms with Crippen LogP contribution in [0.3, 0.4) is 0 Å². The Labute approximate surface area is 229 Å². The number of nitro benzene ring substituents is 1. The van der Waals surface area contributed by atoms with Gasteiger partial charge < -0.3 is 24.5 Å². The molecule has 1 saturated heterocycles. The maximum atomic E-state index is 13.2. The predicted octanol–water partition coefficient (Wildman–Crippen LogP) is 2.41. The van der Waals surface area contributed by atoms with Crippen LogP contribution >= 0.6 is 0 Å². The number of non-ortho nitro benzene ring substituents is 1.